The monoisotopic (exact) mass is 487 g/mol. The highest BCUT2D eigenvalue weighted by Gasteiger charge is 2.22. The van der Waals surface area contributed by atoms with Crippen molar-refractivity contribution in [2.45, 2.75) is 13.3 Å². The summed E-state index contributed by atoms with van der Waals surface area (Å²) in [4.78, 5) is 27.6. The number of carbonyl (C=O) groups is 1. The molecule has 5 rings (SSSR count). The van der Waals surface area contributed by atoms with Gasteiger partial charge in [-0.25, -0.2) is 9.37 Å². The van der Waals surface area contributed by atoms with Gasteiger partial charge in [0.25, 0.3) is 5.91 Å². The van der Waals surface area contributed by atoms with E-state index in [0.29, 0.717) is 31.0 Å². The lowest BCUT2D eigenvalue weighted by atomic mass is 9.98. The molecule has 0 saturated carbocycles. The molecule has 0 atom stereocenters. The van der Waals surface area contributed by atoms with Crippen LogP contribution >= 0.6 is 0 Å². The summed E-state index contributed by atoms with van der Waals surface area (Å²) in [6, 6.07) is 7.37. The largest absolute Gasteiger partial charge is 0.378 e. The van der Waals surface area contributed by atoms with Crippen LogP contribution in [0.5, 0.6) is 0 Å². The number of anilines is 3. The second-order valence-electron chi connectivity index (χ2n) is 8.44. The summed E-state index contributed by atoms with van der Waals surface area (Å²) in [5.41, 5.74) is 8.18. The minimum atomic E-state index is -0.567. The Morgan fingerprint density at radius 1 is 1.17 bits per heavy atom. The Labute approximate surface area is 208 Å². The molecule has 1 saturated heterocycles. The van der Waals surface area contributed by atoms with Crippen LogP contribution in [0, 0.1) is 0 Å². The van der Waals surface area contributed by atoms with Gasteiger partial charge in [0, 0.05) is 61.7 Å². The Morgan fingerprint density at radius 2 is 2.03 bits per heavy atom. The van der Waals surface area contributed by atoms with Crippen molar-refractivity contribution in [3.05, 3.63) is 83.9 Å². The van der Waals surface area contributed by atoms with E-state index < -0.39 is 11.7 Å². The lowest BCUT2D eigenvalue weighted by Gasteiger charge is -2.31. The summed E-state index contributed by atoms with van der Waals surface area (Å²) in [5, 5.41) is 4.56. The zero-order valence-corrected chi connectivity index (χ0v) is 19.8. The third-order valence-electron chi connectivity index (χ3n) is 5.79. The van der Waals surface area contributed by atoms with Crippen molar-refractivity contribution in [1.29, 1.82) is 0 Å². The van der Waals surface area contributed by atoms with Crippen molar-refractivity contribution < 1.29 is 13.9 Å². The summed E-state index contributed by atoms with van der Waals surface area (Å²) >= 11 is 0. The summed E-state index contributed by atoms with van der Waals surface area (Å²) in [6.45, 7) is 4.27. The maximum atomic E-state index is 13.1. The molecular formula is C26H26FN7O2. The van der Waals surface area contributed by atoms with E-state index in [0.717, 1.165) is 47.5 Å². The van der Waals surface area contributed by atoms with Crippen LogP contribution in [0.25, 0.3) is 5.70 Å². The standard InChI is InChI=1S/C26H26FN7O2/c1-18(27)12-26(35)31-21-5-7-29-23(14-21)24-13-20-15-28-6-4-19(20)17-34(24)32-22-2-3-25(30-16-22)33-8-10-36-11-9-33/h2-3,5-7,12-17,32H,4,8-11H2,1H3,(H,29,31,35)/b18-12-. The number of hydrogen-bond donors (Lipinski definition) is 2. The first-order valence-corrected chi connectivity index (χ1v) is 11.7. The topological polar surface area (TPSA) is 95.0 Å². The Kier molecular flexibility index (Phi) is 6.85. The molecule has 0 unspecified atom stereocenters. The number of fused-ring (bicyclic) bond motifs is 1. The van der Waals surface area contributed by atoms with E-state index in [9.17, 15) is 9.18 Å². The van der Waals surface area contributed by atoms with Crippen LogP contribution in [-0.2, 0) is 9.53 Å². The smallest absolute Gasteiger partial charge is 0.250 e. The van der Waals surface area contributed by atoms with Crippen molar-refractivity contribution in [3.63, 3.8) is 0 Å². The fourth-order valence-corrected chi connectivity index (χ4v) is 4.05. The second kappa shape index (κ2) is 10.5. The Morgan fingerprint density at radius 3 is 2.81 bits per heavy atom. The Hall–Kier alpha value is -4.31. The number of nitrogens with zero attached hydrogens (tertiary/aromatic N) is 5. The number of hydrazine groups is 1. The quantitative estimate of drug-likeness (QED) is 0.594. The van der Waals surface area contributed by atoms with Crippen LogP contribution in [0.2, 0.25) is 0 Å². The number of rotatable bonds is 6. The highest BCUT2D eigenvalue weighted by atomic mass is 19.1. The van der Waals surface area contributed by atoms with Gasteiger partial charge in [0.05, 0.1) is 36.5 Å². The molecule has 0 spiro atoms. The first-order chi connectivity index (χ1) is 17.5. The van der Waals surface area contributed by atoms with E-state index in [1.165, 1.54) is 6.92 Å². The van der Waals surface area contributed by atoms with Gasteiger partial charge in [-0.3, -0.25) is 25.2 Å². The fraction of sp³-hybridized carbons (Fsp3) is 0.231. The highest BCUT2D eigenvalue weighted by Crippen LogP contribution is 2.33. The molecule has 0 aromatic carbocycles. The molecule has 9 nitrogen and oxygen atoms in total. The Bertz CT molecular complexity index is 1290. The number of pyridine rings is 2. The summed E-state index contributed by atoms with van der Waals surface area (Å²) < 4.78 is 18.5. The summed E-state index contributed by atoms with van der Waals surface area (Å²) in [5.74, 6) is -0.200. The fourth-order valence-electron chi connectivity index (χ4n) is 4.05. The molecule has 1 fully saturated rings. The number of ether oxygens (including phenoxy) is 1. The van der Waals surface area contributed by atoms with Crippen LogP contribution in [0.3, 0.4) is 0 Å². The lowest BCUT2D eigenvalue weighted by Crippen LogP contribution is -2.36. The molecule has 0 aliphatic carbocycles. The average Bonchev–Trinajstić information content (AvgIpc) is 2.89. The van der Waals surface area contributed by atoms with Crippen LogP contribution < -0.4 is 15.6 Å². The zero-order valence-electron chi connectivity index (χ0n) is 19.8. The van der Waals surface area contributed by atoms with Gasteiger partial charge in [-0.05, 0) is 42.8 Å². The van der Waals surface area contributed by atoms with E-state index in [4.69, 9.17) is 4.74 Å². The van der Waals surface area contributed by atoms with Crippen molar-refractivity contribution in [3.8, 4) is 0 Å². The third kappa shape index (κ3) is 5.49. The lowest BCUT2D eigenvalue weighted by molar-refractivity contribution is -0.112. The predicted molar refractivity (Wildman–Crippen MR) is 138 cm³/mol. The molecular weight excluding hydrogens is 461 g/mol. The molecule has 10 heteroatoms. The predicted octanol–water partition coefficient (Wildman–Crippen LogP) is 4.05. The first kappa shape index (κ1) is 23.4. The minimum Gasteiger partial charge on any atom is -0.378 e. The van der Waals surface area contributed by atoms with Crippen LogP contribution in [0.1, 0.15) is 19.0 Å². The third-order valence-corrected chi connectivity index (χ3v) is 5.79. The molecule has 3 aliphatic rings. The van der Waals surface area contributed by atoms with Crippen molar-refractivity contribution in [2.24, 2.45) is 4.99 Å². The molecule has 184 valence electrons. The van der Waals surface area contributed by atoms with Crippen LogP contribution in [0.4, 0.5) is 21.6 Å². The Balaban J connectivity index is 1.40. The van der Waals surface area contributed by atoms with Gasteiger partial charge >= 0.3 is 0 Å². The number of aromatic nitrogens is 2. The van der Waals surface area contributed by atoms with Crippen molar-refractivity contribution >= 4 is 35.0 Å². The molecule has 3 aliphatic heterocycles. The van der Waals surface area contributed by atoms with E-state index >= 15 is 0 Å². The van der Waals surface area contributed by atoms with Gasteiger partial charge in [-0.1, -0.05) is 0 Å². The van der Waals surface area contributed by atoms with E-state index in [1.807, 2.05) is 41.8 Å². The zero-order chi connectivity index (χ0) is 24.9. The van der Waals surface area contributed by atoms with Gasteiger partial charge in [0.1, 0.15) is 11.6 Å². The van der Waals surface area contributed by atoms with Gasteiger partial charge in [0.15, 0.2) is 0 Å². The number of allylic oxidation sites excluding steroid dienone is 4. The van der Waals surface area contributed by atoms with Crippen molar-refractivity contribution in [1.82, 2.24) is 15.0 Å². The van der Waals surface area contributed by atoms with Crippen LogP contribution in [0.15, 0.2) is 83.2 Å². The van der Waals surface area contributed by atoms with E-state index in [2.05, 4.69) is 30.6 Å². The maximum Gasteiger partial charge on any atom is 0.250 e. The maximum absolute atomic E-state index is 13.1. The number of carbonyl (C=O) groups excluding carboxylic acids is 1. The normalized spacial score (nSPS) is 17.6. The number of morpholine rings is 1. The molecule has 36 heavy (non-hydrogen) atoms. The molecule has 1 amide bonds. The molecule has 2 aromatic heterocycles. The highest BCUT2D eigenvalue weighted by molar-refractivity contribution is 5.99. The first-order valence-electron chi connectivity index (χ1n) is 11.7. The van der Waals surface area contributed by atoms with Gasteiger partial charge in [0.2, 0.25) is 0 Å². The number of hydrogen-bond acceptors (Lipinski definition) is 8. The van der Waals surface area contributed by atoms with Gasteiger partial charge < -0.3 is 15.0 Å². The molecule has 0 bridgehead atoms. The molecule has 2 N–H and O–H groups in total. The van der Waals surface area contributed by atoms with Gasteiger partial charge in [-0.15, -0.1) is 0 Å². The summed E-state index contributed by atoms with van der Waals surface area (Å²) in [6.07, 6.45) is 12.7. The van der Waals surface area contributed by atoms with Gasteiger partial charge in [-0.2, -0.15) is 0 Å². The average molecular weight is 488 g/mol. The SMILES string of the molecule is C/C(F)=C/C(=O)Nc1ccnc(C2=CC3=CN=CCC3=CN2Nc2ccc(N3CCOCC3)nc2)c1. The van der Waals surface area contributed by atoms with Crippen LogP contribution in [-0.4, -0.2) is 53.4 Å². The van der Waals surface area contributed by atoms with Crippen molar-refractivity contribution in [2.75, 3.05) is 41.9 Å². The second-order valence-corrected chi connectivity index (χ2v) is 8.44. The van der Waals surface area contributed by atoms with E-state index in [-0.39, 0.29) is 0 Å². The molecule has 5 heterocycles. The minimum absolute atomic E-state index is 0.505. The summed E-state index contributed by atoms with van der Waals surface area (Å²) in [7, 11) is 0. The van der Waals surface area contributed by atoms with E-state index in [1.54, 1.807) is 24.5 Å². The molecule has 2 aromatic rings. The number of nitrogens with one attached hydrogen (secondary N) is 2. The molecule has 0 radical (unpaired) electrons. The number of halogens is 1. The number of amides is 1. The number of aliphatic imine (C=N–C) groups is 1.